The van der Waals surface area contributed by atoms with Gasteiger partial charge in [0, 0.05) is 6.42 Å². The molecule has 0 aromatic heterocycles. The van der Waals surface area contributed by atoms with Crippen LogP contribution < -0.4 is 0 Å². The van der Waals surface area contributed by atoms with Crippen molar-refractivity contribution >= 4 is 17.7 Å². The van der Waals surface area contributed by atoms with Crippen LogP contribution in [0.25, 0.3) is 0 Å². The van der Waals surface area contributed by atoms with Crippen molar-refractivity contribution in [1.82, 2.24) is 0 Å². The normalized spacial score (nSPS) is 28.5. The highest BCUT2D eigenvalue weighted by Gasteiger charge is 2.32. The van der Waals surface area contributed by atoms with Crippen LogP contribution in [0.5, 0.6) is 0 Å². The second kappa shape index (κ2) is 4.12. The van der Waals surface area contributed by atoms with E-state index in [4.69, 9.17) is 4.74 Å². The summed E-state index contributed by atoms with van der Waals surface area (Å²) in [5.41, 5.74) is 0. The molecule has 1 heterocycles. The van der Waals surface area contributed by atoms with Gasteiger partial charge in [-0.15, -0.1) is 12.6 Å². The van der Waals surface area contributed by atoms with E-state index in [1.54, 1.807) is 0 Å². The first-order chi connectivity index (χ1) is 5.20. The Morgan fingerprint density at radius 2 is 2.18 bits per heavy atom. The zero-order chi connectivity index (χ0) is 8.27. The van der Waals surface area contributed by atoms with E-state index in [9.17, 15) is 4.79 Å². The van der Waals surface area contributed by atoms with Gasteiger partial charge in [-0.1, -0.05) is 6.42 Å². The molecule has 0 aromatic carbocycles. The number of carbonyl (C=O) groups excluding carboxylic acids is 1. The summed E-state index contributed by atoms with van der Waals surface area (Å²) in [5.74, 6) is 0. The van der Waals surface area contributed by atoms with Gasteiger partial charge in [-0.2, -0.15) is 0 Å². The van der Waals surface area contributed by atoms with E-state index >= 15 is 0 Å². The number of hydrogen-bond donors (Lipinski definition) is 1. The zero-order valence-electron chi connectivity index (χ0n) is 6.75. The molecule has 1 aliphatic rings. The van der Waals surface area contributed by atoms with Crippen LogP contribution in [0, 0.1) is 0 Å². The molecule has 1 rings (SSSR count). The minimum Gasteiger partial charge on any atom is -0.370 e. The van der Waals surface area contributed by atoms with E-state index in [-0.39, 0.29) is 5.12 Å². The summed E-state index contributed by atoms with van der Waals surface area (Å²) < 4.78 is 5.22. The first-order valence-corrected chi connectivity index (χ1v) is 4.52. The Kier molecular flexibility index (Phi) is 3.40. The van der Waals surface area contributed by atoms with Crippen molar-refractivity contribution in [2.24, 2.45) is 0 Å². The van der Waals surface area contributed by atoms with Crippen LogP contribution in [0.3, 0.4) is 0 Å². The smallest absolute Gasteiger partial charge is 0.185 e. The second-order valence-corrected chi connectivity index (χ2v) is 3.52. The third kappa shape index (κ3) is 3.77. The van der Waals surface area contributed by atoms with Gasteiger partial charge in [0.2, 0.25) is 0 Å². The molecule has 1 saturated heterocycles. The second-order valence-electron chi connectivity index (χ2n) is 3.02. The summed E-state index contributed by atoms with van der Waals surface area (Å²) >= 11 is 3.69. The van der Waals surface area contributed by atoms with E-state index in [0.717, 1.165) is 19.3 Å². The van der Waals surface area contributed by atoms with Crippen LogP contribution in [0.15, 0.2) is 0 Å². The molecule has 1 aliphatic heterocycles. The van der Waals surface area contributed by atoms with E-state index in [1.807, 2.05) is 0 Å². The highest BCUT2D eigenvalue weighted by molar-refractivity contribution is 7.96. The predicted octanol–water partition coefficient (Wildman–Crippen LogP) is 1.79. The third-order valence-corrected chi connectivity index (χ3v) is 2.19. The van der Waals surface area contributed by atoms with E-state index in [0.29, 0.717) is 18.6 Å². The summed E-state index contributed by atoms with van der Waals surface area (Å²) in [5, 5.41) is -0.00485. The van der Waals surface area contributed by atoms with Crippen molar-refractivity contribution in [3.63, 3.8) is 0 Å². The molecule has 1 fully saturated rings. The lowest BCUT2D eigenvalue weighted by molar-refractivity contribution is -0.110. The van der Waals surface area contributed by atoms with Crippen molar-refractivity contribution in [3.8, 4) is 0 Å². The molecular formula is C8H14O2S. The molecule has 0 aromatic rings. The summed E-state index contributed by atoms with van der Waals surface area (Å²) in [7, 11) is 0. The molecule has 64 valence electrons. The van der Waals surface area contributed by atoms with E-state index in [2.05, 4.69) is 19.6 Å². The highest BCUT2D eigenvalue weighted by Crippen LogP contribution is 2.26. The molecule has 0 amide bonds. The maximum absolute atomic E-state index is 10.4. The molecule has 11 heavy (non-hydrogen) atoms. The Morgan fingerprint density at radius 3 is 2.64 bits per heavy atom. The fourth-order valence-electron chi connectivity index (χ4n) is 1.15. The van der Waals surface area contributed by atoms with Crippen molar-refractivity contribution in [3.05, 3.63) is 0 Å². The van der Waals surface area contributed by atoms with Crippen molar-refractivity contribution in [2.75, 3.05) is 0 Å². The van der Waals surface area contributed by atoms with Crippen LogP contribution >= 0.6 is 12.6 Å². The van der Waals surface area contributed by atoms with E-state index < -0.39 is 0 Å². The Bertz CT molecular complexity index is 147. The molecule has 2 unspecified atom stereocenters. The molecule has 0 bridgehead atoms. The molecule has 2 atom stereocenters. The lowest BCUT2D eigenvalue weighted by Gasteiger charge is -1.93. The lowest BCUT2D eigenvalue weighted by Crippen LogP contribution is -1.91. The minimum absolute atomic E-state index is 0.00485. The van der Waals surface area contributed by atoms with Gasteiger partial charge in [0.25, 0.3) is 0 Å². The maximum Gasteiger partial charge on any atom is 0.185 e. The maximum atomic E-state index is 10.4. The van der Waals surface area contributed by atoms with Crippen molar-refractivity contribution < 1.29 is 9.53 Å². The summed E-state index contributed by atoms with van der Waals surface area (Å²) in [4.78, 5) is 10.4. The summed E-state index contributed by atoms with van der Waals surface area (Å²) in [6.45, 7) is 2.08. The Balaban J connectivity index is 1.85. The molecule has 0 spiro atoms. The minimum atomic E-state index is -0.00485. The predicted molar refractivity (Wildman–Crippen MR) is 46.8 cm³/mol. The molecule has 0 radical (unpaired) electrons. The molecule has 3 heteroatoms. The third-order valence-electron chi connectivity index (χ3n) is 1.97. The topological polar surface area (TPSA) is 29.6 Å². The van der Waals surface area contributed by atoms with Crippen LogP contribution in [0.1, 0.15) is 32.6 Å². The van der Waals surface area contributed by atoms with Crippen LogP contribution in [-0.2, 0) is 9.53 Å². The average molecular weight is 174 g/mol. The molecule has 0 aliphatic carbocycles. The SMILES string of the molecule is CC1OC1CCCCC(=O)S. The standard InChI is InChI=1S/C8H14O2S/c1-6-7(10-6)4-2-3-5-8(9)11/h6-7H,2-5H2,1H3,(H,9,11). The lowest BCUT2D eigenvalue weighted by atomic mass is 10.1. The van der Waals surface area contributed by atoms with Crippen LogP contribution in [0.4, 0.5) is 0 Å². The quantitative estimate of drug-likeness (QED) is 0.391. The van der Waals surface area contributed by atoms with Gasteiger partial charge in [-0.05, 0) is 19.8 Å². The van der Waals surface area contributed by atoms with Gasteiger partial charge in [-0.3, -0.25) is 4.79 Å². The summed E-state index contributed by atoms with van der Waals surface area (Å²) in [6.07, 6.45) is 4.68. The molecule has 0 saturated carbocycles. The average Bonchev–Trinajstić information content (AvgIpc) is 2.59. The Morgan fingerprint density at radius 1 is 1.55 bits per heavy atom. The van der Waals surface area contributed by atoms with E-state index in [1.165, 1.54) is 0 Å². The largest absolute Gasteiger partial charge is 0.370 e. The number of thiol groups is 1. The number of hydrogen-bond acceptors (Lipinski definition) is 2. The number of rotatable bonds is 5. The van der Waals surface area contributed by atoms with Gasteiger partial charge in [0.1, 0.15) is 0 Å². The van der Waals surface area contributed by atoms with Gasteiger partial charge in [-0.25, -0.2) is 0 Å². The number of ether oxygens (including phenoxy) is 1. The number of epoxide rings is 1. The van der Waals surface area contributed by atoms with Crippen molar-refractivity contribution in [2.45, 2.75) is 44.8 Å². The highest BCUT2D eigenvalue weighted by atomic mass is 32.1. The molecule has 2 nitrogen and oxygen atoms in total. The van der Waals surface area contributed by atoms with Crippen LogP contribution in [-0.4, -0.2) is 17.3 Å². The zero-order valence-corrected chi connectivity index (χ0v) is 7.64. The van der Waals surface area contributed by atoms with Gasteiger partial charge in [0.05, 0.1) is 12.2 Å². The van der Waals surface area contributed by atoms with Gasteiger partial charge >= 0.3 is 0 Å². The monoisotopic (exact) mass is 174 g/mol. The Hall–Kier alpha value is -0.0200. The van der Waals surface area contributed by atoms with Crippen LogP contribution in [0.2, 0.25) is 0 Å². The molecule has 0 N–H and O–H groups in total. The summed E-state index contributed by atoms with van der Waals surface area (Å²) in [6, 6.07) is 0. The van der Waals surface area contributed by atoms with Crippen molar-refractivity contribution in [1.29, 1.82) is 0 Å². The first kappa shape index (κ1) is 9.07. The fraction of sp³-hybridized carbons (Fsp3) is 0.875. The number of unbranched alkanes of at least 4 members (excludes halogenated alkanes) is 1. The fourth-order valence-corrected chi connectivity index (χ4v) is 1.31. The van der Waals surface area contributed by atoms with Gasteiger partial charge in [0.15, 0.2) is 5.12 Å². The Labute approximate surface area is 72.7 Å². The first-order valence-electron chi connectivity index (χ1n) is 4.07. The number of carbonyl (C=O) groups is 1. The molecular weight excluding hydrogens is 160 g/mol. The van der Waals surface area contributed by atoms with Gasteiger partial charge < -0.3 is 4.74 Å².